The number of amides is 1. The SMILES string of the molecule is Cc1c(C(=O)NCCC(C)C)cnn1-c1nccc(-c2cccs2)n1. The lowest BCUT2D eigenvalue weighted by atomic mass is 10.1. The van der Waals surface area contributed by atoms with Gasteiger partial charge in [0.15, 0.2) is 0 Å². The Morgan fingerprint density at radius 1 is 1.36 bits per heavy atom. The minimum Gasteiger partial charge on any atom is -0.352 e. The first-order valence-corrected chi connectivity index (χ1v) is 9.14. The van der Waals surface area contributed by atoms with Gasteiger partial charge in [-0.25, -0.2) is 14.6 Å². The molecule has 0 spiro atoms. The fourth-order valence-corrected chi connectivity index (χ4v) is 3.11. The van der Waals surface area contributed by atoms with Gasteiger partial charge >= 0.3 is 0 Å². The van der Waals surface area contributed by atoms with Gasteiger partial charge in [-0.15, -0.1) is 11.3 Å². The average Bonchev–Trinajstić information content (AvgIpc) is 3.24. The Balaban J connectivity index is 1.81. The molecule has 0 atom stereocenters. The van der Waals surface area contributed by atoms with E-state index in [0.717, 1.165) is 22.7 Å². The smallest absolute Gasteiger partial charge is 0.254 e. The number of carbonyl (C=O) groups is 1. The standard InChI is InChI=1S/C18H21N5OS/c1-12(2)6-8-19-17(24)14-11-21-23(13(14)3)18-20-9-7-15(22-18)16-5-4-10-25-16/h4-5,7,9-12H,6,8H2,1-3H3,(H,19,24). The van der Waals surface area contributed by atoms with Crippen LogP contribution in [0.1, 0.15) is 36.3 Å². The van der Waals surface area contributed by atoms with Gasteiger partial charge in [0.2, 0.25) is 0 Å². The molecule has 3 heterocycles. The summed E-state index contributed by atoms with van der Waals surface area (Å²) in [6.07, 6.45) is 4.23. The van der Waals surface area contributed by atoms with E-state index in [4.69, 9.17) is 0 Å². The van der Waals surface area contributed by atoms with Crippen LogP contribution in [0.2, 0.25) is 0 Å². The minimum atomic E-state index is -0.112. The molecule has 0 saturated carbocycles. The molecule has 7 heteroatoms. The second-order valence-electron chi connectivity index (χ2n) is 6.21. The molecule has 1 amide bonds. The molecule has 0 bridgehead atoms. The highest BCUT2D eigenvalue weighted by Gasteiger charge is 2.16. The van der Waals surface area contributed by atoms with Crippen molar-refractivity contribution < 1.29 is 4.79 Å². The number of hydrogen-bond acceptors (Lipinski definition) is 5. The fourth-order valence-electron chi connectivity index (χ4n) is 2.42. The van der Waals surface area contributed by atoms with Crippen molar-refractivity contribution in [2.24, 2.45) is 5.92 Å². The first-order chi connectivity index (χ1) is 12.1. The molecule has 0 saturated heterocycles. The molecule has 0 aromatic carbocycles. The molecular weight excluding hydrogens is 334 g/mol. The quantitative estimate of drug-likeness (QED) is 0.735. The highest BCUT2D eigenvalue weighted by molar-refractivity contribution is 7.13. The van der Waals surface area contributed by atoms with Crippen molar-refractivity contribution in [3.8, 4) is 16.5 Å². The largest absolute Gasteiger partial charge is 0.352 e. The number of rotatable bonds is 6. The first-order valence-electron chi connectivity index (χ1n) is 8.26. The van der Waals surface area contributed by atoms with Gasteiger partial charge in [-0.3, -0.25) is 4.79 Å². The summed E-state index contributed by atoms with van der Waals surface area (Å²) in [7, 11) is 0. The third kappa shape index (κ3) is 3.93. The van der Waals surface area contributed by atoms with Gasteiger partial charge in [-0.1, -0.05) is 19.9 Å². The second-order valence-corrected chi connectivity index (χ2v) is 7.16. The zero-order chi connectivity index (χ0) is 17.8. The van der Waals surface area contributed by atoms with E-state index < -0.39 is 0 Å². The molecule has 0 unspecified atom stereocenters. The zero-order valence-corrected chi connectivity index (χ0v) is 15.4. The van der Waals surface area contributed by atoms with Crippen LogP contribution in [0.3, 0.4) is 0 Å². The third-order valence-corrected chi connectivity index (χ3v) is 4.76. The van der Waals surface area contributed by atoms with E-state index in [1.165, 1.54) is 0 Å². The number of carbonyl (C=O) groups excluding carboxylic acids is 1. The molecule has 25 heavy (non-hydrogen) atoms. The zero-order valence-electron chi connectivity index (χ0n) is 14.6. The van der Waals surface area contributed by atoms with Crippen LogP contribution in [0, 0.1) is 12.8 Å². The molecule has 0 radical (unpaired) electrons. The maximum Gasteiger partial charge on any atom is 0.254 e. The molecule has 6 nitrogen and oxygen atoms in total. The lowest BCUT2D eigenvalue weighted by molar-refractivity contribution is 0.0951. The van der Waals surface area contributed by atoms with Gasteiger partial charge < -0.3 is 5.32 Å². The van der Waals surface area contributed by atoms with Crippen molar-refractivity contribution in [2.75, 3.05) is 6.54 Å². The van der Waals surface area contributed by atoms with E-state index in [-0.39, 0.29) is 5.91 Å². The van der Waals surface area contributed by atoms with E-state index in [1.807, 2.05) is 30.5 Å². The summed E-state index contributed by atoms with van der Waals surface area (Å²) >= 11 is 1.62. The van der Waals surface area contributed by atoms with Crippen molar-refractivity contribution >= 4 is 17.2 Å². The molecule has 3 aromatic heterocycles. The van der Waals surface area contributed by atoms with Crippen molar-refractivity contribution in [1.29, 1.82) is 0 Å². The number of nitrogens with one attached hydrogen (secondary N) is 1. The molecule has 3 rings (SSSR count). The van der Waals surface area contributed by atoms with Crippen LogP contribution in [0.5, 0.6) is 0 Å². The number of aromatic nitrogens is 4. The molecule has 0 aliphatic rings. The number of thiophene rings is 1. The van der Waals surface area contributed by atoms with Gasteiger partial charge in [0.05, 0.1) is 28.0 Å². The summed E-state index contributed by atoms with van der Waals surface area (Å²) in [5, 5.41) is 9.25. The lowest BCUT2D eigenvalue weighted by Crippen LogP contribution is -2.25. The molecule has 1 N–H and O–H groups in total. The summed E-state index contributed by atoms with van der Waals surface area (Å²) in [5.74, 6) is 0.904. The monoisotopic (exact) mass is 355 g/mol. The molecule has 0 aliphatic carbocycles. The maximum absolute atomic E-state index is 12.3. The maximum atomic E-state index is 12.3. The van der Waals surface area contributed by atoms with Crippen LogP contribution in [-0.2, 0) is 0 Å². The van der Waals surface area contributed by atoms with Crippen molar-refractivity contribution in [1.82, 2.24) is 25.1 Å². The van der Waals surface area contributed by atoms with Crippen LogP contribution < -0.4 is 5.32 Å². The van der Waals surface area contributed by atoms with Crippen molar-refractivity contribution in [2.45, 2.75) is 27.2 Å². The molecule has 3 aromatic rings. The Morgan fingerprint density at radius 2 is 2.20 bits per heavy atom. The topological polar surface area (TPSA) is 72.7 Å². The van der Waals surface area contributed by atoms with Crippen LogP contribution >= 0.6 is 11.3 Å². The Hall–Kier alpha value is -2.54. The third-order valence-electron chi connectivity index (χ3n) is 3.87. The van der Waals surface area contributed by atoms with Crippen molar-refractivity contribution in [3.05, 3.63) is 47.2 Å². The highest BCUT2D eigenvalue weighted by atomic mass is 32.1. The van der Waals surface area contributed by atoms with Gasteiger partial charge in [0.25, 0.3) is 11.9 Å². The van der Waals surface area contributed by atoms with E-state index in [9.17, 15) is 4.79 Å². The Kier molecular flexibility index (Phi) is 5.23. The Bertz CT molecular complexity index is 854. The van der Waals surface area contributed by atoms with Gasteiger partial charge in [-0.05, 0) is 36.8 Å². The summed E-state index contributed by atoms with van der Waals surface area (Å²) in [6, 6.07) is 5.87. The molecule has 0 fully saturated rings. The first kappa shape index (κ1) is 17.3. The van der Waals surface area contributed by atoms with Crippen molar-refractivity contribution in [3.63, 3.8) is 0 Å². The van der Waals surface area contributed by atoms with Crippen LogP contribution in [0.15, 0.2) is 36.0 Å². The fraction of sp³-hybridized carbons (Fsp3) is 0.333. The second kappa shape index (κ2) is 7.57. The summed E-state index contributed by atoms with van der Waals surface area (Å²) in [6.45, 7) is 6.78. The van der Waals surface area contributed by atoms with Crippen LogP contribution in [0.25, 0.3) is 16.5 Å². The average molecular weight is 355 g/mol. The minimum absolute atomic E-state index is 0.112. The summed E-state index contributed by atoms with van der Waals surface area (Å²) in [4.78, 5) is 22.3. The normalized spacial score (nSPS) is 11.0. The lowest BCUT2D eigenvalue weighted by Gasteiger charge is -2.07. The predicted octanol–water partition coefficient (Wildman–Crippen LogP) is 3.48. The van der Waals surface area contributed by atoms with Gasteiger partial charge in [0.1, 0.15) is 0 Å². The highest BCUT2D eigenvalue weighted by Crippen LogP contribution is 2.23. The van der Waals surface area contributed by atoms with Crippen LogP contribution in [-0.4, -0.2) is 32.2 Å². The summed E-state index contributed by atoms with van der Waals surface area (Å²) in [5.41, 5.74) is 2.12. The van der Waals surface area contributed by atoms with Gasteiger partial charge in [0, 0.05) is 12.7 Å². The van der Waals surface area contributed by atoms with Gasteiger partial charge in [-0.2, -0.15) is 5.10 Å². The number of nitrogens with zero attached hydrogens (tertiary/aromatic N) is 4. The van der Waals surface area contributed by atoms with Crippen LogP contribution in [0.4, 0.5) is 0 Å². The van der Waals surface area contributed by atoms with E-state index in [1.54, 1.807) is 28.4 Å². The molecular formula is C18H21N5OS. The predicted molar refractivity (Wildman–Crippen MR) is 99.0 cm³/mol. The van der Waals surface area contributed by atoms with E-state index in [2.05, 4.69) is 34.2 Å². The van der Waals surface area contributed by atoms with E-state index in [0.29, 0.717) is 24.0 Å². The number of hydrogen-bond donors (Lipinski definition) is 1. The molecule has 130 valence electrons. The Morgan fingerprint density at radius 3 is 2.92 bits per heavy atom. The van der Waals surface area contributed by atoms with E-state index >= 15 is 0 Å². The molecule has 0 aliphatic heterocycles. The Labute approximate surface area is 150 Å². The summed E-state index contributed by atoms with van der Waals surface area (Å²) < 4.78 is 1.61.